The van der Waals surface area contributed by atoms with Gasteiger partial charge in [-0.25, -0.2) is 0 Å². The summed E-state index contributed by atoms with van der Waals surface area (Å²) < 4.78 is 11.6. The Morgan fingerprint density at radius 3 is 2.46 bits per heavy atom. The van der Waals surface area contributed by atoms with Gasteiger partial charge in [-0.2, -0.15) is 0 Å². The molecule has 0 radical (unpaired) electrons. The molecule has 26 heavy (non-hydrogen) atoms. The van der Waals surface area contributed by atoms with Gasteiger partial charge < -0.3 is 14.4 Å². The van der Waals surface area contributed by atoms with Crippen LogP contribution in [0.15, 0.2) is 24.3 Å². The third kappa shape index (κ3) is 6.10. The zero-order valence-corrected chi connectivity index (χ0v) is 16.1. The summed E-state index contributed by atoms with van der Waals surface area (Å²) in [5.74, 6) is 0.252. The van der Waals surface area contributed by atoms with E-state index in [1.165, 1.54) is 17.5 Å². The van der Waals surface area contributed by atoms with E-state index in [0.717, 1.165) is 64.8 Å². The molecule has 2 aliphatic rings. The van der Waals surface area contributed by atoms with E-state index in [0.29, 0.717) is 6.42 Å². The fourth-order valence-electron chi connectivity index (χ4n) is 3.85. The maximum atomic E-state index is 12.9. The van der Waals surface area contributed by atoms with Crippen molar-refractivity contribution in [3.05, 3.63) is 35.4 Å². The third-order valence-electron chi connectivity index (χ3n) is 5.55. The smallest absolute Gasteiger partial charge is 0.222 e. The molecule has 0 aromatic heterocycles. The number of carbonyl (C=O) groups is 1. The number of nitrogens with zero attached hydrogens (tertiary/aromatic N) is 1. The summed E-state index contributed by atoms with van der Waals surface area (Å²) >= 11 is 0. The van der Waals surface area contributed by atoms with E-state index in [1.54, 1.807) is 0 Å². The minimum Gasteiger partial charge on any atom is -0.378 e. The van der Waals surface area contributed by atoms with Gasteiger partial charge in [0.15, 0.2) is 0 Å². The first-order valence-electron chi connectivity index (χ1n) is 10.3. The lowest BCUT2D eigenvalue weighted by molar-refractivity contribution is -0.133. The molecule has 0 aliphatic carbocycles. The van der Waals surface area contributed by atoms with Crippen molar-refractivity contribution < 1.29 is 14.3 Å². The number of rotatable bonds is 8. The standard InChI is InChI=1S/C22H33NO3/c1-18-7-9-19(10-8-18)13-14-23(17-21-6-4-16-26-21)22(24)12-11-20-5-2-3-15-25-20/h7-10,20-21H,2-6,11-17H2,1H3/t20-,21+/m1/s1. The SMILES string of the molecule is Cc1ccc(CCN(C[C@@H]2CCCO2)C(=O)CC[C@H]2CCCCO2)cc1. The summed E-state index contributed by atoms with van der Waals surface area (Å²) in [5, 5.41) is 0. The van der Waals surface area contributed by atoms with Crippen LogP contribution in [0.4, 0.5) is 0 Å². The second-order valence-corrected chi connectivity index (χ2v) is 7.74. The molecular weight excluding hydrogens is 326 g/mol. The highest BCUT2D eigenvalue weighted by Crippen LogP contribution is 2.19. The van der Waals surface area contributed by atoms with Gasteiger partial charge in [0.05, 0.1) is 12.2 Å². The van der Waals surface area contributed by atoms with Gasteiger partial charge in [0.2, 0.25) is 5.91 Å². The van der Waals surface area contributed by atoms with Crippen molar-refractivity contribution in [2.45, 2.75) is 70.5 Å². The molecule has 0 bridgehead atoms. The molecule has 0 unspecified atom stereocenters. The van der Waals surface area contributed by atoms with Crippen molar-refractivity contribution in [1.82, 2.24) is 4.90 Å². The molecule has 0 spiro atoms. The highest BCUT2D eigenvalue weighted by Gasteiger charge is 2.23. The maximum Gasteiger partial charge on any atom is 0.222 e. The van der Waals surface area contributed by atoms with Crippen molar-refractivity contribution >= 4 is 5.91 Å². The Morgan fingerprint density at radius 1 is 1.04 bits per heavy atom. The Kier molecular flexibility index (Phi) is 7.51. The largest absolute Gasteiger partial charge is 0.378 e. The third-order valence-corrected chi connectivity index (χ3v) is 5.55. The monoisotopic (exact) mass is 359 g/mol. The first-order valence-corrected chi connectivity index (χ1v) is 10.3. The lowest BCUT2D eigenvalue weighted by Gasteiger charge is -2.27. The van der Waals surface area contributed by atoms with Gasteiger partial charge in [-0.1, -0.05) is 29.8 Å². The van der Waals surface area contributed by atoms with Gasteiger partial charge in [0, 0.05) is 32.7 Å². The number of ether oxygens (including phenoxy) is 2. The van der Waals surface area contributed by atoms with Crippen molar-refractivity contribution in [3.8, 4) is 0 Å². The molecule has 2 saturated heterocycles. The number of hydrogen-bond acceptors (Lipinski definition) is 3. The van der Waals surface area contributed by atoms with Crippen LogP contribution in [0.1, 0.15) is 56.1 Å². The van der Waals surface area contributed by atoms with Gasteiger partial charge in [-0.05, 0) is 57.4 Å². The first-order chi connectivity index (χ1) is 12.7. The van der Waals surface area contributed by atoms with Gasteiger partial charge in [-0.3, -0.25) is 4.79 Å². The molecule has 2 fully saturated rings. The van der Waals surface area contributed by atoms with Crippen LogP contribution in [0.3, 0.4) is 0 Å². The van der Waals surface area contributed by atoms with E-state index >= 15 is 0 Å². The van der Waals surface area contributed by atoms with Crippen LogP contribution in [-0.2, 0) is 20.7 Å². The molecule has 1 amide bonds. The first kappa shape index (κ1) is 19.4. The maximum absolute atomic E-state index is 12.9. The van der Waals surface area contributed by atoms with E-state index in [-0.39, 0.29) is 18.1 Å². The van der Waals surface area contributed by atoms with Gasteiger partial charge in [0.1, 0.15) is 0 Å². The average Bonchev–Trinajstić information content (AvgIpc) is 3.18. The van der Waals surface area contributed by atoms with Crippen molar-refractivity contribution in [3.63, 3.8) is 0 Å². The number of benzene rings is 1. The fourth-order valence-corrected chi connectivity index (χ4v) is 3.85. The Hall–Kier alpha value is -1.39. The molecule has 0 saturated carbocycles. The van der Waals surface area contributed by atoms with Gasteiger partial charge >= 0.3 is 0 Å². The normalized spacial score (nSPS) is 23.1. The predicted octanol–water partition coefficient (Wildman–Crippen LogP) is 3.89. The Bertz CT molecular complexity index is 545. The molecule has 2 heterocycles. The van der Waals surface area contributed by atoms with E-state index in [2.05, 4.69) is 31.2 Å². The Labute approximate surface area is 157 Å². The van der Waals surface area contributed by atoms with Crippen LogP contribution in [-0.4, -0.2) is 49.3 Å². The topological polar surface area (TPSA) is 38.8 Å². The van der Waals surface area contributed by atoms with Crippen molar-refractivity contribution in [1.29, 1.82) is 0 Å². The second-order valence-electron chi connectivity index (χ2n) is 7.74. The van der Waals surface area contributed by atoms with Gasteiger partial charge in [-0.15, -0.1) is 0 Å². The molecule has 2 aliphatic heterocycles. The van der Waals surface area contributed by atoms with Crippen LogP contribution in [0.25, 0.3) is 0 Å². The number of amides is 1. The van der Waals surface area contributed by atoms with Crippen LogP contribution >= 0.6 is 0 Å². The van der Waals surface area contributed by atoms with Crippen LogP contribution in [0.5, 0.6) is 0 Å². The highest BCUT2D eigenvalue weighted by molar-refractivity contribution is 5.76. The summed E-state index contributed by atoms with van der Waals surface area (Å²) in [4.78, 5) is 14.9. The zero-order valence-electron chi connectivity index (χ0n) is 16.1. The molecule has 2 atom stereocenters. The van der Waals surface area contributed by atoms with Crippen molar-refractivity contribution in [2.24, 2.45) is 0 Å². The summed E-state index contributed by atoms with van der Waals surface area (Å²) in [6, 6.07) is 8.61. The number of carbonyl (C=O) groups excluding carboxylic acids is 1. The van der Waals surface area contributed by atoms with E-state index < -0.39 is 0 Å². The molecule has 4 nitrogen and oxygen atoms in total. The predicted molar refractivity (Wildman–Crippen MR) is 103 cm³/mol. The molecule has 1 aromatic rings. The van der Waals surface area contributed by atoms with Crippen LogP contribution < -0.4 is 0 Å². The Balaban J connectivity index is 1.52. The van der Waals surface area contributed by atoms with E-state index in [1.807, 2.05) is 4.90 Å². The molecule has 1 aromatic carbocycles. The highest BCUT2D eigenvalue weighted by atomic mass is 16.5. The summed E-state index contributed by atoms with van der Waals surface area (Å²) in [7, 11) is 0. The molecule has 3 rings (SSSR count). The molecular formula is C22H33NO3. The molecule has 0 N–H and O–H groups in total. The van der Waals surface area contributed by atoms with E-state index in [9.17, 15) is 4.79 Å². The fraction of sp³-hybridized carbons (Fsp3) is 0.682. The van der Waals surface area contributed by atoms with Gasteiger partial charge in [0.25, 0.3) is 0 Å². The average molecular weight is 360 g/mol. The van der Waals surface area contributed by atoms with Crippen molar-refractivity contribution in [2.75, 3.05) is 26.3 Å². The lowest BCUT2D eigenvalue weighted by Crippen LogP contribution is -2.39. The number of aryl methyl sites for hydroxylation is 1. The summed E-state index contributed by atoms with van der Waals surface area (Å²) in [5.41, 5.74) is 2.56. The number of hydrogen-bond donors (Lipinski definition) is 0. The summed E-state index contributed by atoms with van der Waals surface area (Å²) in [6.07, 6.45) is 8.49. The molecule has 4 heteroatoms. The minimum atomic E-state index is 0.211. The second kappa shape index (κ2) is 10.1. The zero-order chi connectivity index (χ0) is 18.2. The summed E-state index contributed by atoms with van der Waals surface area (Å²) in [6.45, 7) is 5.29. The lowest BCUT2D eigenvalue weighted by atomic mass is 10.0. The van der Waals surface area contributed by atoms with Crippen LogP contribution in [0, 0.1) is 6.92 Å². The molecule has 144 valence electrons. The quantitative estimate of drug-likeness (QED) is 0.707. The Morgan fingerprint density at radius 2 is 1.77 bits per heavy atom. The van der Waals surface area contributed by atoms with E-state index in [4.69, 9.17) is 9.47 Å². The van der Waals surface area contributed by atoms with Crippen LogP contribution in [0.2, 0.25) is 0 Å². The minimum absolute atomic E-state index is 0.211.